The number of hydrogen-bond donors (Lipinski definition) is 2. The van der Waals surface area contributed by atoms with Crippen LogP contribution < -0.4 is 10.0 Å². The average Bonchev–Trinajstić information content (AvgIpc) is 2.42. The van der Waals surface area contributed by atoms with Gasteiger partial charge in [-0.3, -0.25) is 0 Å². The molecule has 1 unspecified atom stereocenters. The molecule has 1 heterocycles. The number of hydrogen-bond acceptors (Lipinski definition) is 3. The van der Waals surface area contributed by atoms with Gasteiger partial charge in [0.25, 0.3) is 0 Å². The SMILES string of the molecule is Cc1ccc(C)c(S(=O)(=O)NCCC2CCCNC2)c1. The topological polar surface area (TPSA) is 58.2 Å². The van der Waals surface area contributed by atoms with Crippen LogP contribution in [0.1, 0.15) is 30.4 Å². The third kappa shape index (κ3) is 4.04. The Bertz CT molecular complexity index is 549. The Morgan fingerprint density at radius 3 is 2.85 bits per heavy atom. The van der Waals surface area contributed by atoms with E-state index in [1.165, 1.54) is 12.8 Å². The smallest absolute Gasteiger partial charge is 0.240 e. The molecule has 0 aromatic heterocycles. The summed E-state index contributed by atoms with van der Waals surface area (Å²) in [6.07, 6.45) is 3.28. The third-order valence-corrected chi connectivity index (χ3v) is 5.48. The second-order valence-electron chi connectivity index (χ2n) is 5.67. The number of piperidine rings is 1. The maximum absolute atomic E-state index is 12.3. The van der Waals surface area contributed by atoms with Gasteiger partial charge in [-0.2, -0.15) is 0 Å². The molecule has 112 valence electrons. The van der Waals surface area contributed by atoms with Gasteiger partial charge in [-0.05, 0) is 69.3 Å². The molecule has 1 aromatic rings. The molecule has 1 saturated heterocycles. The van der Waals surface area contributed by atoms with Crippen LogP contribution in [0.4, 0.5) is 0 Å². The summed E-state index contributed by atoms with van der Waals surface area (Å²) in [6, 6.07) is 5.52. The van der Waals surface area contributed by atoms with Crippen molar-refractivity contribution in [1.29, 1.82) is 0 Å². The van der Waals surface area contributed by atoms with Gasteiger partial charge in [-0.15, -0.1) is 0 Å². The maximum atomic E-state index is 12.3. The van der Waals surface area contributed by atoms with E-state index in [2.05, 4.69) is 10.0 Å². The first-order chi connectivity index (χ1) is 9.49. The molecule has 1 fully saturated rings. The fourth-order valence-corrected chi connectivity index (χ4v) is 4.02. The molecule has 2 rings (SSSR count). The molecule has 0 saturated carbocycles. The van der Waals surface area contributed by atoms with Crippen molar-refractivity contribution in [3.8, 4) is 0 Å². The predicted molar refractivity (Wildman–Crippen MR) is 81.3 cm³/mol. The summed E-state index contributed by atoms with van der Waals surface area (Å²) in [5.41, 5.74) is 1.76. The van der Waals surface area contributed by atoms with Gasteiger partial charge in [-0.1, -0.05) is 12.1 Å². The van der Waals surface area contributed by atoms with Crippen molar-refractivity contribution in [2.45, 2.75) is 38.0 Å². The van der Waals surface area contributed by atoms with E-state index in [1.54, 1.807) is 6.07 Å². The molecule has 0 spiro atoms. The lowest BCUT2D eigenvalue weighted by Crippen LogP contribution is -2.33. The van der Waals surface area contributed by atoms with Crippen molar-refractivity contribution >= 4 is 10.0 Å². The lowest BCUT2D eigenvalue weighted by Gasteiger charge is -2.22. The summed E-state index contributed by atoms with van der Waals surface area (Å²) < 4.78 is 27.4. The highest BCUT2D eigenvalue weighted by Crippen LogP contribution is 2.17. The molecule has 1 aliphatic rings. The van der Waals surface area contributed by atoms with E-state index in [0.29, 0.717) is 17.4 Å². The molecule has 0 aliphatic carbocycles. The van der Waals surface area contributed by atoms with Gasteiger partial charge >= 0.3 is 0 Å². The summed E-state index contributed by atoms with van der Waals surface area (Å²) in [5, 5.41) is 3.35. The second-order valence-corrected chi connectivity index (χ2v) is 7.40. The van der Waals surface area contributed by atoms with Crippen LogP contribution in [0, 0.1) is 19.8 Å². The monoisotopic (exact) mass is 296 g/mol. The highest BCUT2D eigenvalue weighted by atomic mass is 32.2. The van der Waals surface area contributed by atoms with Gasteiger partial charge in [0.2, 0.25) is 10.0 Å². The first-order valence-corrected chi connectivity index (χ1v) is 8.75. The first kappa shape index (κ1) is 15.5. The number of benzene rings is 1. The molecule has 20 heavy (non-hydrogen) atoms. The van der Waals surface area contributed by atoms with E-state index >= 15 is 0 Å². The molecule has 2 N–H and O–H groups in total. The fourth-order valence-electron chi connectivity index (χ4n) is 2.64. The fraction of sp³-hybridized carbons (Fsp3) is 0.600. The van der Waals surface area contributed by atoms with Crippen LogP contribution in [-0.2, 0) is 10.0 Å². The van der Waals surface area contributed by atoms with E-state index in [9.17, 15) is 8.42 Å². The zero-order chi connectivity index (χ0) is 14.6. The van der Waals surface area contributed by atoms with Gasteiger partial charge < -0.3 is 5.32 Å². The lowest BCUT2D eigenvalue weighted by atomic mass is 9.96. The summed E-state index contributed by atoms with van der Waals surface area (Å²) >= 11 is 0. The van der Waals surface area contributed by atoms with Gasteiger partial charge in [0, 0.05) is 6.54 Å². The van der Waals surface area contributed by atoms with Crippen LogP contribution >= 0.6 is 0 Å². The Morgan fingerprint density at radius 2 is 2.15 bits per heavy atom. The second kappa shape index (κ2) is 6.70. The van der Waals surface area contributed by atoms with Gasteiger partial charge in [0.05, 0.1) is 4.90 Å². The molecule has 0 radical (unpaired) electrons. The predicted octanol–water partition coefficient (Wildman–Crippen LogP) is 1.97. The Balaban J connectivity index is 1.95. The van der Waals surface area contributed by atoms with Gasteiger partial charge in [0.1, 0.15) is 0 Å². The third-order valence-electron chi connectivity index (χ3n) is 3.88. The van der Waals surface area contributed by atoms with Gasteiger partial charge in [-0.25, -0.2) is 13.1 Å². The summed E-state index contributed by atoms with van der Waals surface area (Å²) in [4.78, 5) is 0.402. The van der Waals surface area contributed by atoms with Crippen molar-refractivity contribution in [3.05, 3.63) is 29.3 Å². The lowest BCUT2D eigenvalue weighted by molar-refractivity contribution is 0.358. The molecule has 0 amide bonds. The van der Waals surface area contributed by atoms with Crippen LogP contribution in [0.2, 0.25) is 0 Å². The highest BCUT2D eigenvalue weighted by molar-refractivity contribution is 7.89. The normalized spacial score (nSPS) is 20.0. The molecular weight excluding hydrogens is 272 g/mol. The first-order valence-electron chi connectivity index (χ1n) is 7.27. The molecule has 1 aliphatic heterocycles. The molecule has 1 atom stereocenters. The average molecular weight is 296 g/mol. The van der Waals surface area contributed by atoms with Crippen LogP contribution in [0.3, 0.4) is 0 Å². The zero-order valence-electron chi connectivity index (χ0n) is 12.3. The highest BCUT2D eigenvalue weighted by Gasteiger charge is 2.18. The Labute approximate surface area is 122 Å². The zero-order valence-corrected chi connectivity index (χ0v) is 13.1. The largest absolute Gasteiger partial charge is 0.316 e. The summed E-state index contributed by atoms with van der Waals surface area (Å²) in [7, 11) is -3.38. The Kier molecular flexibility index (Phi) is 5.18. The van der Waals surface area contributed by atoms with Crippen LogP contribution in [0.25, 0.3) is 0 Å². The standard InChI is InChI=1S/C15H24N2O2S/c1-12-5-6-13(2)15(10-12)20(18,19)17-9-7-14-4-3-8-16-11-14/h5-6,10,14,16-17H,3-4,7-9,11H2,1-2H3. The van der Waals surface area contributed by atoms with Crippen molar-refractivity contribution in [3.63, 3.8) is 0 Å². The number of aryl methyl sites for hydroxylation is 2. The van der Waals surface area contributed by atoms with Crippen LogP contribution in [-0.4, -0.2) is 28.1 Å². The molecule has 0 bridgehead atoms. The van der Waals surface area contributed by atoms with Crippen molar-refractivity contribution in [2.24, 2.45) is 5.92 Å². The van der Waals surface area contributed by atoms with Crippen LogP contribution in [0.15, 0.2) is 23.1 Å². The van der Waals surface area contributed by atoms with Crippen molar-refractivity contribution in [2.75, 3.05) is 19.6 Å². The quantitative estimate of drug-likeness (QED) is 0.873. The van der Waals surface area contributed by atoms with E-state index < -0.39 is 10.0 Å². The number of rotatable bonds is 5. The molecule has 5 heteroatoms. The number of nitrogens with one attached hydrogen (secondary N) is 2. The Hall–Kier alpha value is -0.910. The van der Waals surface area contributed by atoms with E-state index in [1.807, 2.05) is 26.0 Å². The van der Waals surface area contributed by atoms with Gasteiger partial charge in [0.15, 0.2) is 0 Å². The van der Waals surface area contributed by atoms with E-state index in [4.69, 9.17) is 0 Å². The van der Waals surface area contributed by atoms with Crippen molar-refractivity contribution < 1.29 is 8.42 Å². The summed E-state index contributed by atoms with van der Waals surface area (Å²) in [6.45, 7) is 6.35. The minimum Gasteiger partial charge on any atom is -0.316 e. The molecular formula is C15H24N2O2S. The summed E-state index contributed by atoms with van der Waals surface area (Å²) in [5.74, 6) is 0.588. The minimum atomic E-state index is -3.38. The van der Waals surface area contributed by atoms with Crippen LogP contribution in [0.5, 0.6) is 0 Å². The van der Waals surface area contributed by atoms with E-state index in [0.717, 1.165) is 30.6 Å². The Morgan fingerprint density at radius 1 is 1.35 bits per heavy atom. The molecule has 4 nitrogen and oxygen atoms in total. The minimum absolute atomic E-state index is 0.402. The van der Waals surface area contributed by atoms with Crippen molar-refractivity contribution in [1.82, 2.24) is 10.0 Å². The number of sulfonamides is 1. The maximum Gasteiger partial charge on any atom is 0.240 e. The molecule has 1 aromatic carbocycles. The van der Waals surface area contributed by atoms with E-state index in [-0.39, 0.29) is 0 Å².